The zero-order valence-electron chi connectivity index (χ0n) is 27.3. The van der Waals surface area contributed by atoms with E-state index in [0.717, 1.165) is 48.6 Å². The molecule has 3 aromatic carbocycles. The van der Waals surface area contributed by atoms with Crippen LogP contribution in [0.5, 0.6) is 0 Å². The second-order valence-corrected chi connectivity index (χ2v) is 15.7. The van der Waals surface area contributed by atoms with E-state index < -0.39 is 37.4 Å². The standard InChI is InChI=1S/C34H41N5O7S2/c1-34(2)14-17-38(18-15-34)26-11-9-24(10-12-26)32(40)36-48(44,45)28-21-29-31(30(22-28)39(42)43)35-25(23-47-27-7-5-4-6-8-27)13-16-37(3)19-20-46-33(29)41/h4-12,21-22,25,35H,13-20,23H2,1-3H3,(H,36,40). The van der Waals surface area contributed by atoms with E-state index in [1.165, 1.54) is 0 Å². The number of piperidine rings is 1. The average Bonchev–Trinajstić information content (AvgIpc) is 3.08. The highest BCUT2D eigenvalue weighted by atomic mass is 32.2. The maximum absolute atomic E-state index is 13.5. The van der Waals surface area contributed by atoms with Gasteiger partial charge in [0.05, 0.1) is 15.4 Å². The summed E-state index contributed by atoms with van der Waals surface area (Å²) in [5, 5.41) is 15.5. The first-order chi connectivity index (χ1) is 22.8. The Balaban J connectivity index is 1.41. The van der Waals surface area contributed by atoms with Crippen LogP contribution in [-0.4, -0.2) is 81.7 Å². The largest absolute Gasteiger partial charge is 0.461 e. The fourth-order valence-electron chi connectivity index (χ4n) is 5.62. The molecule has 256 valence electrons. The average molecular weight is 696 g/mol. The number of amides is 1. The summed E-state index contributed by atoms with van der Waals surface area (Å²) in [6.45, 7) is 7.29. The lowest BCUT2D eigenvalue weighted by Gasteiger charge is -2.38. The zero-order chi connectivity index (χ0) is 34.5. The van der Waals surface area contributed by atoms with Crippen molar-refractivity contribution in [1.82, 2.24) is 9.62 Å². The van der Waals surface area contributed by atoms with Crippen molar-refractivity contribution in [3.8, 4) is 0 Å². The fourth-order valence-corrected chi connectivity index (χ4v) is 7.63. The predicted octanol–water partition coefficient (Wildman–Crippen LogP) is 5.41. The SMILES string of the molecule is CN1CCOC(=O)c2cc(S(=O)(=O)NC(=O)c3ccc(N4CCC(C)(C)CC4)cc3)cc([N+](=O)[O-])c2NC(CSc2ccccc2)CC1. The minimum atomic E-state index is -4.64. The molecule has 0 spiro atoms. The molecular formula is C34H41N5O7S2. The van der Waals surface area contributed by atoms with Crippen LogP contribution in [0.25, 0.3) is 0 Å². The van der Waals surface area contributed by atoms with E-state index in [-0.39, 0.29) is 34.9 Å². The first-order valence-corrected chi connectivity index (χ1v) is 18.3. The number of ether oxygens (including phenoxy) is 1. The van der Waals surface area contributed by atoms with E-state index in [9.17, 15) is 28.1 Å². The summed E-state index contributed by atoms with van der Waals surface area (Å²) in [5.74, 6) is -1.29. The second kappa shape index (κ2) is 15.0. The number of nitro benzene ring substituents is 1. The van der Waals surface area contributed by atoms with Gasteiger partial charge in [-0.2, -0.15) is 0 Å². The summed E-state index contributed by atoms with van der Waals surface area (Å²) in [6, 6.07) is 17.9. The van der Waals surface area contributed by atoms with Gasteiger partial charge in [0.15, 0.2) is 0 Å². The van der Waals surface area contributed by atoms with Crippen molar-refractivity contribution in [3.63, 3.8) is 0 Å². The highest BCUT2D eigenvalue weighted by Gasteiger charge is 2.32. The minimum Gasteiger partial charge on any atom is -0.461 e. The fraction of sp³-hybridized carbons (Fsp3) is 0.412. The van der Waals surface area contributed by atoms with Crippen LogP contribution in [0, 0.1) is 15.5 Å². The van der Waals surface area contributed by atoms with Gasteiger partial charge in [-0.25, -0.2) is 17.9 Å². The topological polar surface area (TPSA) is 151 Å². The molecule has 0 radical (unpaired) electrons. The summed E-state index contributed by atoms with van der Waals surface area (Å²) in [5.41, 5.74) is 0.268. The molecule has 0 aromatic heterocycles. The summed E-state index contributed by atoms with van der Waals surface area (Å²) < 4.78 is 34.5. The number of carbonyl (C=O) groups is 2. The number of thioether (sulfide) groups is 1. The van der Waals surface area contributed by atoms with Gasteiger partial charge >= 0.3 is 5.97 Å². The zero-order valence-corrected chi connectivity index (χ0v) is 28.9. The molecule has 1 amide bonds. The van der Waals surface area contributed by atoms with Gasteiger partial charge in [-0.1, -0.05) is 32.0 Å². The van der Waals surface area contributed by atoms with Crippen molar-refractivity contribution >= 4 is 50.7 Å². The Morgan fingerprint density at radius 2 is 1.75 bits per heavy atom. The van der Waals surface area contributed by atoms with Crippen LogP contribution in [-0.2, 0) is 14.8 Å². The summed E-state index contributed by atoms with van der Waals surface area (Å²) >= 11 is 1.56. The maximum atomic E-state index is 13.5. The van der Waals surface area contributed by atoms with E-state index in [4.69, 9.17) is 4.74 Å². The molecule has 5 rings (SSSR count). The van der Waals surface area contributed by atoms with Gasteiger partial charge in [0.2, 0.25) is 0 Å². The molecule has 12 nitrogen and oxygen atoms in total. The number of hydrogen-bond acceptors (Lipinski definition) is 11. The summed E-state index contributed by atoms with van der Waals surface area (Å²) in [7, 11) is -2.75. The summed E-state index contributed by atoms with van der Waals surface area (Å²) in [6.07, 6.45) is 2.66. The molecule has 48 heavy (non-hydrogen) atoms. The first-order valence-electron chi connectivity index (χ1n) is 15.9. The Hall–Kier alpha value is -4.14. The lowest BCUT2D eigenvalue weighted by Crippen LogP contribution is -2.37. The number of anilines is 2. The van der Waals surface area contributed by atoms with E-state index >= 15 is 0 Å². The second-order valence-electron chi connectivity index (χ2n) is 12.9. The van der Waals surface area contributed by atoms with Gasteiger partial charge in [-0.05, 0) is 80.7 Å². The number of nitrogens with zero attached hydrogens (tertiary/aromatic N) is 3. The first kappa shape index (κ1) is 35.2. The monoisotopic (exact) mass is 695 g/mol. The Morgan fingerprint density at radius 1 is 1.06 bits per heavy atom. The van der Waals surface area contributed by atoms with Gasteiger partial charge in [0, 0.05) is 53.6 Å². The molecule has 3 aromatic rings. The smallest absolute Gasteiger partial charge is 0.340 e. The predicted molar refractivity (Wildman–Crippen MR) is 186 cm³/mol. The molecule has 1 fully saturated rings. The Kier molecular flexibility index (Phi) is 11.0. The van der Waals surface area contributed by atoms with Crippen LogP contribution in [0.15, 0.2) is 76.5 Å². The number of likely N-dealkylation sites (N-methyl/N-ethyl adjacent to an activating group) is 1. The van der Waals surface area contributed by atoms with E-state index in [2.05, 4.69) is 24.1 Å². The number of rotatable bonds is 8. The van der Waals surface area contributed by atoms with Crippen molar-refractivity contribution in [2.75, 3.05) is 55.8 Å². The Bertz CT molecular complexity index is 1740. The molecule has 2 heterocycles. The third-order valence-electron chi connectivity index (χ3n) is 8.76. The normalized spacial score (nSPS) is 18.9. The van der Waals surface area contributed by atoms with Gasteiger partial charge < -0.3 is 19.9 Å². The number of nitrogens with one attached hydrogen (secondary N) is 2. The van der Waals surface area contributed by atoms with E-state index in [1.807, 2.05) is 47.0 Å². The molecule has 1 atom stereocenters. The highest BCUT2D eigenvalue weighted by molar-refractivity contribution is 7.99. The lowest BCUT2D eigenvalue weighted by molar-refractivity contribution is -0.384. The molecule has 0 saturated carbocycles. The number of hydrogen-bond donors (Lipinski definition) is 2. The lowest BCUT2D eigenvalue weighted by atomic mass is 9.82. The summed E-state index contributed by atoms with van der Waals surface area (Å²) in [4.78, 5) is 42.7. The molecule has 1 saturated heterocycles. The number of cyclic esters (lactones) is 1. The van der Waals surface area contributed by atoms with Crippen LogP contribution in [0.4, 0.5) is 17.1 Å². The van der Waals surface area contributed by atoms with Crippen molar-refractivity contribution in [1.29, 1.82) is 0 Å². The molecule has 0 bridgehead atoms. The van der Waals surface area contributed by atoms with Crippen LogP contribution in [0.2, 0.25) is 0 Å². The van der Waals surface area contributed by atoms with Gasteiger partial charge in [-0.3, -0.25) is 14.9 Å². The van der Waals surface area contributed by atoms with Crippen LogP contribution in [0.3, 0.4) is 0 Å². The third kappa shape index (κ3) is 8.85. The van der Waals surface area contributed by atoms with Crippen molar-refractivity contribution < 1.29 is 27.7 Å². The van der Waals surface area contributed by atoms with Crippen LogP contribution < -0.4 is 14.9 Å². The minimum absolute atomic E-state index is 0.00486. The number of nitro groups is 1. The number of carbonyl (C=O) groups excluding carboxylic acids is 2. The van der Waals surface area contributed by atoms with Crippen molar-refractivity contribution in [2.45, 2.75) is 48.9 Å². The molecule has 2 aliphatic heterocycles. The Morgan fingerprint density at radius 3 is 2.42 bits per heavy atom. The highest BCUT2D eigenvalue weighted by Crippen LogP contribution is 2.35. The van der Waals surface area contributed by atoms with Crippen molar-refractivity contribution in [3.05, 3.63) is 88.0 Å². The maximum Gasteiger partial charge on any atom is 0.340 e. The molecule has 0 aliphatic carbocycles. The van der Waals surface area contributed by atoms with E-state index in [0.29, 0.717) is 25.3 Å². The number of benzene rings is 3. The Labute approximate surface area is 285 Å². The number of esters is 1. The van der Waals surface area contributed by atoms with E-state index in [1.54, 1.807) is 36.0 Å². The molecule has 2 N–H and O–H groups in total. The van der Waals surface area contributed by atoms with Gasteiger partial charge in [-0.15, -0.1) is 11.8 Å². The van der Waals surface area contributed by atoms with Crippen molar-refractivity contribution in [2.24, 2.45) is 5.41 Å². The molecule has 14 heteroatoms. The number of sulfonamides is 1. The number of fused-ring (bicyclic) bond motifs is 1. The van der Waals surface area contributed by atoms with Gasteiger partial charge in [0.25, 0.3) is 21.6 Å². The van der Waals surface area contributed by atoms with Gasteiger partial charge in [0.1, 0.15) is 12.3 Å². The molecule has 1 unspecified atom stereocenters. The van der Waals surface area contributed by atoms with Crippen LogP contribution in [0.1, 0.15) is 53.8 Å². The quantitative estimate of drug-likeness (QED) is 0.135. The molecule has 2 aliphatic rings. The van der Waals surface area contributed by atoms with Crippen LogP contribution >= 0.6 is 11.8 Å². The third-order valence-corrected chi connectivity index (χ3v) is 11.2. The molecular weight excluding hydrogens is 655 g/mol.